The van der Waals surface area contributed by atoms with Gasteiger partial charge < -0.3 is 15.4 Å². The van der Waals surface area contributed by atoms with Crippen LogP contribution in [0.3, 0.4) is 0 Å². The molecule has 2 N–H and O–H groups in total. The molecule has 2 aliphatic heterocycles. The van der Waals surface area contributed by atoms with Crippen molar-refractivity contribution in [2.75, 3.05) is 46.9 Å². The van der Waals surface area contributed by atoms with Crippen LogP contribution < -0.4 is 10.6 Å². The molecule has 2 aliphatic rings. The van der Waals surface area contributed by atoms with E-state index in [0.29, 0.717) is 19.6 Å². The minimum absolute atomic E-state index is 0. The summed E-state index contributed by atoms with van der Waals surface area (Å²) >= 11 is 0. The van der Waals surface area contributed by atoms with Crippen LogP contribution in [-0.2, 0) is 24.5 Å². The summed E-state index contributed by atoms with van der Waals surface area (Å²) in [5.41, 5.74) is 0. The van der Waals surface area contributed by atoms with Gasteiger partial charge in [0, 0.05) is 33.2 Å². The zero-order valence-electron chi connectivity index (χ0n) is 16.0. The van der Waals surface area contributed by atoms with Gasteiger partial charge in [-0.15, -0.1) is 12.4 Å². The third-order valence-corrected chi connectivity index (χ3v) is 6.96. The fraction of sp³-hybridized carbons (Fsp3) is 0.875. The molecule has 2 saturated heterocycles. The molecule has 0 spiro atoms. The van der Waals surface area contributed by atoms with Crippen molar-refractivity contribution >= 4 is 34.5 Å². The smallest absolute Gasteiger partial charge is 0.306 e. The lowest BCUT2D eigenvalue weighted by molar-refractivity contribution is -0.140. The fourth-order valence-corrected chi connectivity index (χ4v) is 4.82. The molecule has 1 amide bonds. The first-order valence-electron chi connectivity index (χ1n) is 9.14. The Morgan fingerprint density at radius 1 is 1.30 bits per heavy atom. The number of ether oxygens (including phenoxy) is 1. The number of carbonyl (C=O) groups is 2. The largest absolute Gasteiger partial charge is 0.469 e. The van der Waals surface area contributed by atoms with Gasteiger partial charge in [-0.2, -0.15) is 17.0 Å². The molecule has 2 fully saturated rings. The fourth-order valence-electron chi connectivity index (χ4n) is 3.34. The second kappa shape index (κ2) is 11.2. The van der Waals surface area contributed by atoms with Crippen molar-refractivity contribution in [2.45, 2.75) is 38.1 Å². The van der Waals surface area contributed by atoms with Crippen molar-refractivity contribution in [3.05, 3.63) is 0 Å². The molecular formula is C16H31ClN4O5S. The van der Waals surface area contributed by atoms with E-state index in [1.54, 1.807) is 0 Å². The summed E-state index contributed by atoms with van der Waals surface area (Å²) in [5, 5.41) is 6.10. The molecule has 0 aromatic heterocycles. The van der Waals surface area contributed by atoms with Crippen molar-refractivity contribution < 1.29 is 22.7 Å². The molecule has 2 rings (SSSR count). The molecule has 27 heavy (non-hydrogen) atoms. The van der Waals surface area contributed by atoms with Gasteiger partial charge in [0.05, 0.1) is 19.6 Å². The quantitative estimate of drug-likeness (QED) is 0.517. The highest BCUT2D eigenvalue weighted by Crippen LogP contribution is 2.20. The predicted octanol–water partition coefficient (Wildman–Crippen LogP) is -0.272. The van der Waals surface area contributed by atoms with Gasteiger partial charge in [-0.25, -0.2) is 0 Å². The maximum atomic E-state index is 12.7. The van der Waals surface area contributed by atoms with Gasteiger partial charge in [0.25, 0.3) is 10.2 Å². The van der Waals surface area contributed by atoms with Gasteiger partial charge in [0.15, 0.2) is 0 Å². The molecule has 0 saturated carbocycles. The lowest BCUT2D eigenvalue weighted by Gasteiger charge is -2.34. The van der Waals surface area contributed by atoms with Crippen molar-refractivity contribution in [2.24, 2.45) is 5.92 Å². The van der Waals surface area contributed by atoms with Gasteiger partial charge in [-0.1, -0.05) is 0 Å². The van der Waals surface area contributed by atoms with Crippen LogP contribution in [0.4, 0.5) is 0 Å². The van der Waals surface area contributed by atoms with Crippen LogP contribution in [-0.4, -0.2) is 81.8 Å². The third-order valence-electron chi connectivity index (χ3n) is 5.00. The van der Waals surface area contributed by atoms with Crippen molar-refractivity contribution in [1.82, 2.24) is 19.2 Å². The maximum absolute atomic E-state index is 12.7. The minimum atomic E-state index is -3.62. The first-order valence-corrected chi connectivity index (χ1v) is 10.5. The van der Waals surface area contributed by atoms with Crippen LogP contribution in [0.15, 0.2) is 0 Å². The summed E-state index contributed by atoms with van der Waals surface area (Å²) in [7, 11) is -0.872. The highest BCUT2D eigenvalue weighted by Gasteiger charge is 2.32. The highest BCUT2D eigenvalue weighted by atomic mass is 35.5. The lowest BCUT2D eigenvalue weighted by Crippen LogP contribution is -2.50. The zero-order chi connectivity index (χ0) is 19.2. The van der Waals surface area contributed by atoms with E-state index in [4.69, 9.17) is 0 Å². The zero-order valence-corrected chi connectivity index (χ0v) is 17.6. The summed E-state index contributed by atoms with van der Waals surface area (Å²) in [6.07, 6.45) is 3.52. The molecule has 0 bridgehead atoms. The number of nitrogens with one attached hydrogen (secondary N) is 2. The monoisotopic (exact) mass is 426 g/mol. The lowest BCUT2D eigenvalue weighted by atomic mass is 9.99. The summed E-state index contributed by atoms with van der Waals surface area (Å²) in [4.78, 5) is 23.3. The second-order valence-corrected chi connectivity index (χ2v) is 8.95. The van der Waals surface area contributed by atoms with Crippen LogP contribution in [0.2, 0.25) is 0 Å². The van der Waals surface area contributed by atoms with E-state index in [-0.39, 0.29) is 43.2 Å². The number of hydrogen-bond donors (Lipinski definition) is 2. The molecule has 0 aromatic carbocycles. The Hall–Kier alpha value is -0.940. The standard InChI is InChI=1S/C16H30N4O5S.ClH/c1-19(10-7-15(21)25-2)26(23,24)20-9-4-5-13(12-20)11-18-16(22)14-6-3-8-17-14;/h13-14,17H,3-12H2,1-2H3,(H,18,22);1H. The summed E-state index contributed by atoms with van der Waals surface area (Å²) in [6, 6.07) is -0.122. The average Bonchev–Trinajstić information content (AvgIpc) is 3.18. The molecule has 0 aromatic rings. The molecular weight excluding hydrogens is 396 g/mol. The second-order valence-electron chi connectivity index (χ2n) is 6.92. The summed E-state index contributed by atoms with van der Waals surface area (Å²) in [6.45, 7) is 2.27. The predicted molar refractivity (Wildman–Crippen MR) is 104 cm³/mol. The maximum Gasteiger partial charge on any atom is 0.306 e. The van der Waals surface area contributed by atoms with Crippen LogP contribution >= 0.6 is 12.4 Å². The van der Waals surface area contributed by atoms with Gasteiger partial charge in [-0.05, 0) is 38.1 Å². The number of esters is 1. The van der Waals surface area contributed by atoms with Gasteiger partial charge >= 0.3 is 5.97 Å². The Labute approximate surface area is 167 Å². The first-order chi connectivity index (χ1) is 12.3. The number of amides is 1. The Kier molecular flexibility index (Phi) is 9.96. The van der Waals surface area contributed by atoms with Crippen LogP contribution in [0, 0.1) is 5.92 Å². The number of hydrogen-bond acceptors (Lipinski definition) is 6. The van der Waals surface area contributed by atoms with E-state index < -0.39 is 16.2 Å². The number of rotatable bonds is 8. The van der Waals surface area contributed by atoms with E-state index in [1.165, 1.54) is 22.8 Å². The topological polar surface area (TPSA) is 108 Å². The number of halogens is 1. The van der Waals surface area contributed by atoms with E-state index in [9.17, 15) is 18.0 Å². The number of nitrogens with zero attached hydrogens (tertiary/aromatic N) is 2. The van der Waals surface area contributed by atoms with Crippen LogP contribution in [0.5, 0.6) is 0 Å². The normalized spacial score (nSPS) is 23.7. The molecule has 11 heteroatoms. The molecule has 0 aliphatic carbocycles. The molecule has 2 unspecified atom stereocenters. The van der Waals surface area contributed by atoms with Crippen molar-refractivity contribution in [1.29, 1.82) is 0 Å². The molecule has 158 valence electrons. The van der Waals surface area contributed by atoms with Crippen molar-refractivity contribution in [3.8, 4) is 0 Å². The Balaban J connectivity index is 0.00000364. The Bertz CT molecular complexity index is 598. The Morgan fingerprint density at radius 3 is 2.67 bits per heavy atom. The van der Waals surface area contributed by atoms with E-state index >= 15 is 0 Å². The van der Waals surface area contributed by atoms with Gasteiger partial charge in [0.1, 0.15) is 0 Å². The first kappa shape index (κ1) is 24.1. The summed E-state index contributed by atoms with van der Waals surface area (Å²) in [5.74, 6) is -0.345. The van der Waals surface area contributed by atoms with E-state index in [2.05, 4.69) is 15.4 Å². The Morgan fingerprint density at radius 2 is 2.04 bits per heavy atom. The number of carbonyl (C=O) groups excluding carboxylic acids is 2. The summed E-state index contributed by atoms with van der Waals surface area (Å²) < 4.78 is 32.5. The molecule has 2 heterocycles. The van der Waals surface area contributed by atoms with Crippen LogP contribution in [0.25, 0.3) is 0 Å². The average molecular weight is 427 g/mol. The SMILES string of the molecule is COC(=O)CCN(C)S(=O)(=O)N1CCCC(CNC(=O)C2CCCN2)C1.Cl. The molecule has 9 nitrogen and oxygen atoms in total. The third kappa shape index (κ3) is 6.86. The highest BCUT2D eigenvalue weighted by molar-refractivity contribution is 7.86. The van der Waals surface area contributed by atoms with E-state index in [0.717, 1.165) is 32.2 Å². The van der Waals surface area contributed by atoms with Crippen LogP contribution in [0.1, 0.15) is 32.1 Å². The van der Waals surface area contributed by atoms with Gasteiger partial charge in [-0.3, -0.25) is 9.59 Å². The van der Waals surface area contributed by atoms with Gasteiger partial charge in [0.2, 0.25) is 5.91 Å². The number of piperidine rings is 1. The molecule has 0 radical (unpaired) electrons. The minimum Gasteiger partial charge on any atom is -0.469 e. The van der Waals surface area contributed by atoms with Crippen molar-refractivity contribution in [3.63, 3.8) is 0 Å². The van der Waals surface area contributed by atoms with E-state index in [1.807, 2.05) is 0 Å². The number of methoxy groups -OCH3 is 1. The molecule has 2 atom stereocenters.